The zero-order valence-electron chi connectivity index (χ0n) is 19.4. The third-order valence-electron chi connectivity index (χ3n) is 5.68. The molecule has 1 saturated heterocycles. The van der Waals surface area contributed by atoms with Gasteiger partial charge >= 0.3 is 0 Å². The standard InChI is InChI=1S/C23H26F2N6O4/c1-14-7-19(34-2)22(25)18(21(14)24)13-35-17-9-26-23(27-10-17)29-15-8-28-31(11-15)12-20(33)30-5-3-16(32)4-6-30/h7-11,16,32H,3-6,12-13H2,1-2H3,(H,26,27,29). The molecular weight excluding hydrogens is 462 g/mol. The van der Waals surface area contributed by atoms with Crippen molar-refractivity contribution in [1.82, 2.24) is 24.6 Å². The number of nitrogens with one attached hydrogen (secondary N) is 1. The summed E-state index contributed by atoms with van der Waals surface area (Å²) in [6, 6.07) is 1.29. The molecule has 2 N–H and O–H groups in total. The van der Waals surface area contributed by atoms with E-state index in [0.717, 1.165) is 0 Å². The third-order valence-corrected chi connectivity index (χ3v) is 5.68. The lowest BCUT2D eigenvalue weighted by molar-refractivity contribution is -0.134. The number of hydrogen-bond acceptors (Lipinski definition) is 8. The van der Waals surface area contributed by atoms with Gasteiger partial charge in [-0.2, -0.15) is 5.10 Å². The molecule has 0 spiro atoms. The summed E-state index contributed by atoms with van der Waals surface area (Å²) >= 11 is 0. The van der Waals surface area contributed by atoms with Crippen molar-refractivity contribution < 1.29 is 28.2 Å². The van der Waals surface area contributed by atoms with Gasteiger partial charge in [-0.3, -0.25) is 9.48 Å². The van der Waals surface area contributed by atoms with Gasteiger partial charge in [0, 0.05) is 19.3 Å². The summed E-state index contributed by atoms with van der Waals surface area (Å²) < 4.78 is 40.6. The molecular formula is C23H26F2N6O4. The van der Waals surface area contributed by atoms with Crippen LogP contribution in [0.4, 0.5) is 20.4 Å². The molecule has 12 heteroatoms. The van der Waals surface area contributed by atoms with Gasteiger partial charge in [0.1, 0.15) is 19.0 Å². The monoisotopic (exact) mass is 488 g/mol. The molecule has 35 heavy (non-hydrogen) atoms. The second-order valence-corrected chi connectivity index (χ2v) is 8.20. The number of aliphatic hydroxyl groups is 1. The Morgan fingerprint density at radius 1 is 1.20 bits per heavy atom. The Morgan fingerprint density at radius 2 is 1.91 bits per heavy atom. The lowest BCUT2D eigenvalue weighted by Gasteiger charge is -2.29. The van der Waals surface area contributed by atoms with E-state index in [2.05, 4.69) is 20.4 Å². The minimum Gasteiger partial charge on any atom is -0.494 e. The number of piperidine rings is 1. The van der Waals surface area contributed by atoms with Crippen LogP contribution in [0.3, 0.4) is 0 Å². The van der Waals surface area contributed by atoms with E-state index < -0.39 is 11.6 Å². The Labute approximate surface area is 200 Å². The van der Waals surface area contributed by atoms with Crippen LogP contribution in [0.25, 0.3) is 0 Å². The van der Waals surface area contributed by atoms with Crippen molar-refractivity contribution in [1.29, 1.82) is 0 Å². The first kappa shape index (κ1) is 24.3. The number of aromatic nitrogens is 4. The Hall–Kier alpha value is -3.80. The number of likely N-dealkylation sites (tertiary alicyclic amines) is 1. The van der Waals surface area contributed by atoms with E-state index in [1.54, 1.807) is 11.1 Å². The Bertz CT molecular complexity index is 1180. The second kappa shape index (κ2) is 10.6. The summed E-state index contributed by atoms with van der Waals surface area (Å²) in [6.45, 7) is 2.31. The molecule has 0 aliphatic carbocycles. The maximum Gasteiger partial charge on any atom is 0.244 e. The number of carbonyl (C=O) groups is 1. The summed E-state index contributed by atoms with van der Waals surface area (Å²) in [5, 5.41) is 16.7. The summed E-state index contributed by atoms with van der Waals surface area (Å²) in [5.41, 5.74) is 0.581. The summed E-state index contributed by atoms with van der Waals surface area (Å²) in [4.78, 5) is 22.4. The molecule has 1 fully saturated rings. The number of amides is 1. The first-order valence-electron chi connectivity index (χ1n) is 11.1. The molecule has 10 nitrogen and oxygen atoms in total. The highest BCUT2D eigenvalue weighted by atomic mass is 19.1. The van der Waals surface area contributed by atoms with Crippen molar-refractivity contribution in [2.75, 3.05) is 25.5 Å². The molecule has 1 amide bonds. The number of benzene rings is 1. The van der Waals surface area contributed by atoms with Crippen LogP contribution >= 0.6 is 0 Å². The number of ether oxygens (including phenoxy) is 2. The molecule has 4 rings (SSSR count). The molecule has 0 atom stereocenters. The lowest BCUT2D eigenvalue weighted by atomic mass is 10.1. The van der Waals surface area contributed by atoms with E-state index in [-0.39, 0.29) is 53.7 Å². The topological polar surface area (TPSA) is 115 Å². The molecule has 0 bridgehead atoms. The van der Waals surface area contributed by atoms with Crippen molar-refractivity contribution in [3.8, 4) is 11.5 Å². The van der Waals surface area contributed by atoms with Gasteiger partial charge in [0.25, 0.3) is 0 Å². The first-order chi connectivity index (χ1) is 16.8. The predicted molar refractivity (Wildman–Crippen MR) is 121 cm³/mol. The van der Waals surface area contributed by atoms with Crippen molar-refractivity contribution in [2.45, 2.75) is 39.0 Å². The summed E-state index contributed by atoms with van der Waals surface area (Å²) in [7, 11) is 1.31. The molecule has 1 aromatic carbocycles. The Kier molecular flexibility index (Phi) is 7.39. The third kappa shape index (κ3) is 5.83. The van der Waals surface area contributed by atoms with Gasteiger partial charge in [-0.25, -0.2) is 18.7 Å². The van der Waals surface area contributed by atoms with Crippen LogP contribution in [0.5, 0.6) is 11.5 Å². The summed E-state index contributed by atoms with van der Waals surface area (Å²) in [6.07, 6.45) is 6.76. The van der Waals surface area contributed by atoms with E-state index in [1.807, 2.05) is 0 Å². The largest absolute Gasteiger partial charge is 0.494 e. The normalized spacial score (nSPS) is 14.1. The lowest BCUT2D eigenvalue weighted by Crippen LogP contribution is -2.41. The highest BCUT2D eigenvalue weighted by Gasteiger charge is 2.22. The van der Waals surface area contributed by atoms with Crippen molar-refractivity contribution >= 4 is 17.5 Å². The zero-order valence-corrected chi connectivity index (χ0v) is 19.4. The van der Waals surface area contributed by atoms with Crippen LogP contribution in [0, 0.1) is 18.6 Å². The number of aliphatic hydroxyl groups excluding tert-OH is 1. The molecule has 1 aliphatic rings. The van der Waals surface area contributed by atoms with Crippen molar-refractivity contribution in [2.24, 2.45) is 0 Å². The number of hydrogen-bond donors (Lipinski definition) is 2. The van der Waals surface area contributed by atoms with Crippen molar-refractivity contribution in [3.05, 3.63) is 53.6 Å². The van der Waals surface area contributed by atoms with Gasteiger partial charge < -0.3 is 24.8 Å². The molecule has 2 aromatic heterocycles. The molecule has 0 radical (unpaired) electrons. The van der Waals surface area contributed by atoms with Crippen LogP contribution in [-0.4, -0.2) is 62.0 Å². The number of carbonyl (C=O) groups excluding carboxylic acids is 1. The van der Waals surface area contributed by atoms with Crippen LogP contribution in [0.1, 0.15) is 24.0 Å². The minimum absolute atomic E-state index is 0.0599. The zero-order chi connectivity index (χ0) is 24.9. The molecule has 3 heterocycles. The van der Waals surface area contributed by atoms with Gasteiger partial charge in [0.15, 0.2) is 17.3 Å². The number of aryl methyl sites for hydroxylation is 1. The van der Waals surface area contributed by atoms with Crippen LogP contribution in [0.2, 0.25) is 0 Å². The first-order valence-corrected chi connectivity index (χ1v) is 11.1. The van der Waals surface area contributed by atoms with Crippen molar-refractivity contribution in [3.63, 3.8) is 0 Å². The molecule has 0 unspecified atom stereocenters. The van der Waals surface area contributed by atoms with E-state index >= 15 is 0 Å². The maximum atomic E-state index is 14.4. The van der Waals surface area contributed by atoms with Crippen LogP contribution in [-0.2, 0) is 17.9 Å². The quantitative estimate of drug-likeness (QED) is 0.497. The fourth-order valence-corrected chi connectivity index (χ4v) is 3.69. The van der Waals surface area contributed by atoms with E-state index in [0.29, 0.717) is 31.6 Å². The van der Waals surface area contributed by atoms with Gasteiger partial charge in [-0.1, -0.05) is 0 Å². The van der Waals surface area contributed by atoms with Gasteiger partial charge in [0.05, 0.1) is 43.1 Å². The minimum atomic E-state index is -0.817. The number of methoxy groups -OCH3 is 1. The Balaban J connectivity index is 1.32. The predicted octanol–water partition coefficient (Wildman–Crippen LogP) is 2.57. The molecule has 186 valence electrons. The van der Waals surface area contributed by atoms with Gasteiger partial charge in [0.2, 0.25) is 11.9 Å². The number of nitrogens with zero attached hydrogens (tertiary/aromatic N) is 5. The van der Waals surface area contributed by atoms with Crippen LogP contribution in [0.15, 0.2) is 30.9 Å². The average Bonchev–Trinajstić information content (AvgIpc) is 3.29. The fraction of sp³-hybridized carbons (Fsp3) is 0.391. The van der Waals surface area contributed by atoms with Gasteiger partial charge in [-0.15, -0.1) is 0 Å². The molecule has 0 saturated carbocycles. The molecule has 3 aromatic rings. The highest BCUT2D eigenvalue weighted by Crippen LogP contribution is 2.27. The highest BCUT2D eigenvalue weighted by molar-refractivity contribution is 5.76. The molecule has 1 aliphatic heterocycles. The number of halogens is 2. The fourth-order valence-electron chi connectivity index (χ4n) is 3.69. The number of anilines is 2. The summed E-state index contributed by atoms with van der Waals surface area (Å²) in [5.74, 6) is -1.16. The SMILES string of the molecule is COc1cc(C)c(F)c(COc2cnc(Nc3cnn(CC(=O)N4CCC(O)CC4)c3)nc2)c1F. The Morgan fingerprint density at radius 3 is 2.60 bits per heavy atom. The second-order valence-electron chi connectivity index (χ2n) is 8.20. The van der Waals surface area contributed by atoms with E-state index in [9.17, 15) is 18.7 Å². The smallest absolute Gasteiger partial charge is 0.244 e. The number of rotatable bonds is 8. The van der Waals surface area contributed by atoms with Gasteiger partial charge in [-0.05, 0) is 31.4 Å². The van der Waals surface area contributed by atoms with Crippen LogP contribution < -0.4 is 14.8 Å². The average molecular weight is 488 g/mol. The van der Waals surface area contributed by atoms with E-state index in [1.165, 1.54) is 43.4 Å². The van der Waals surface area contributed by atoms with E-state index in [4.69, 9.17) is 9.47 Å². The maximum absolute atomic E-state index is 14.4.